The van der Waals surface area contributed by atoms with Gasteiger partial charge in [0.15, 0.2) is 0 Å². The van der Waals surface area contributed by atoms with Crippen molar-refractivity contribution in [3.05, 3.63) is 65.7 Å². The summed E-state index contributed by atoms with van der Waals surface area (Å²) < 4.78 is 0. The molecule has 0 bridgehead atoms. The molecule has 1 amide bonds. The van der Waals surface area contributed by atoms with E-state index in [1.165, 1.54) is 6.08 Å². The second-order valence-corrected chi connectivity index (χ2v) is 4.76. The summed E-state index contributed by atoms with van der Waals surface area (Å²) in [6.07, 6.45) is 2.49. The fourth-order valence-electron chi connectivity index (χ4n) is 1.98. The first-order chi connectivity index (χ1) is 10.1. The van der Waals surface area contributed by atoms with Crippen LogP contribution in [0.15, 0.2) is 54.6 Å². The number of benzene rings is 2. The zero-order chi connectivity index (χ0) is 15.2. The Kier molecular flexibility index (Phi) is 4.74. The fraction of sp³-hybridized carbons (Fsp3) is 0.118. The van der Waals surface area contributed by atoms with E-state index >= 15 is 0 Å². The average molecular weight is 282 g/mol. The normalized spacial score (nSPS) is 12.3. The highest BCUT2D eigenvalue weighted by Gasteiger charge is 2.08. The Bertz CT molecular complexity index is 663. The Morgan fingerprint density at radius 3 is 2.71 bits per heavy atom. The molecular weight excluding hydrogens is 264 g/mol. The number of hydrogen-bond donors (Lipinski definition) is 3. The lowest BCUT2D eigenvalue weighted by atomic mass is 10.1. The van der Waals surface area contributed by atoms with Gasteiger partial charge in [0.2, 0.25) is 5.91 Å². The monoisotopic (exact) mass is 282 g/mol. The molecule has 0 saturated heterocycles. The smallest absolute Gasteiger partial charge is 0.248 e. The molecule has 0 heterocycles. The van der Waals surface area contributed by atoms with Crippen LogP contribution in [0.2, 0.25) is 0 Å². The van der Waals surface area contributed by atoms with Crippen LogP contribution in [0.5, 0.6) is 0 Å². The summed E-state index contributed by atoms with van der Waals surface area (Å²) in [6.45, 7) is 1.66. The third-order valence-corrected chi connectivity index (χ3v) is 3.01. The molecule has 4 N–H and O–H groups in total. The highest BCUT2D eigenvalue weighted by molar-refractivity contribution is 6.02. The molecule has 0 aromatic heterocycles. The standard InChI is InChI=1S/C17H18N2O2/c1-12(20)15-7-2-3-8-16(15)19-17(21)10-9-13-5-4-6-14(18)11-13/h2-12,20H,18H2,1H3,(H,19,21)/b10-9+. The summed E-state index contributed by atoms with van der Waals surface area (Å²) in [5.74, 6) is -0.259. The van der Waals surface area contributed by atoms with Gasteiger partial charge in [-0.2, -0.15) is 0 Å². The van der Waals surface area contributed by atoms with Gasteiger partial charge >= 0.3 is 0 Å². The Morgan fingerprint density at radius 2 is 2.00 bits per heavy atom. The number of anilines is 2. The molecule has 108 valence electrons. The van der Waals surface area contributed by atoms with Crippen molar-refractivity contribution >= 4 is 23.4 Å². The van der Waals surface area contributed by atoms with Crippen molar-refractivity contribution in [3.8, 4) is 0 Å². The molecule has 2 aromatic carbocycles. The molecule has 0 aliphatic heterocycles. The van der Waals surface area contributed by atoms with E-state index in [1.54, 1.807) is 37.3 Å². The minimum Gasteiger partial charge on any atom is -0.399 e. The summed E-state index contributed by atoms with van der Waals surface area (Å²) in [7, 11) is 0. The van der Waals surface area contributed by atoms with Gasteiger partial charge < -0.3 is 16.2 Å². The molecule has 0 aliphatic carbocycles. The van der Waals surface area contributed by atoms with Gasteiger partial charge in [-0.15, -0.1) is 0 Å². The summed E-state index contributed by atoms with van der Waals surface area (Å²) in [6, 6.07) is 14.4. The van der Waals surface area contributed by atoms with E-state index in [0.29, 0.717) is 16.9 Å². The van der Waals surface area contributed by atoms with Crippen molar-refractivity contribution < 1.29 is 9.90 Å². The molecule has 21 heavy (non-hydrogen) atoms. The van der Waals surface area contributed by atoms with Gasteiger partial charge in [-0.3, -0.25) is 4.79 Å². The van der Waals surface area contributed by atoms with E-state index in [4.69, 9.17) is 5.73 Å². The van der Waals surface area contributed by atoms with Crippen molar-refractivity contribution in [1.29, 1.82) is 0 Å². The molecule has 2 rings (SSSR count). The van der Waals surface area contributed by atoms with Crippen LogP contribution in [0.3, 0.4) is 0 Å². The minimum atomic E-state index is -0.639. The second kappa shape index (κ2) is 6.72. The summed E-state index contributed by atoms with van der Waals surface area (Å²) in [5, 5.41) is 12.4. The lowest BCUT2D eigenvalue weighted by Gasteiger charge is -2.11. The number of carbonyl (C=O) groups excluding carboxylic acids is 1. The first-order valence-corrected chi connectivity index (χ1v) is 6.68. The molecule has 0 aliphatic rings. The molecule has 0 saturated carbocycles. The topological polar surface area (TPSA) is 75.3 Å². The third-order valence-electron chi connectivity index (χ3n) is 3.01. The highest BCUT2D eigenvalue weighted by atomic mass is 16.3. The van der Waals surface area contributed by atoms with Crippen molar-refractivity contribution in [3.63, 3.8) is 0 Å². The van der Waals surface area contributed by atoms with Crippen LogP contribution in [0.4, 0.5) is 11.4 Å². The number of para-hydroxylation sites is 1. The number of hydrogen-bond acceptors (Lipinski definition) is 3. The molecular formula is C17H18N2O2. The van der Waals surface area contributed by atoms with Gasteiger partial charge in [0.1, 0.15) is 0 Å². The summed E-state index contributed by atoms with van der Waals surface area (Å²) >= 11 is 0. The summed E-state index contributed by atoms with van der Waals surface area (Å²) in [4.78, 5) is 11.9. The number of aliphatic hydroxyl groups excluding tert-OH is 1. The van der Waals surface area contributed by atoms with E-state index in [9.17, 15) is 9.90 Å². The van der Waals surface area contributed by atoms with Crippen LogP contribution in [0.1, 0.15) is 24.2 Å². The zero-order valence-electron chi connectivity index (χ0n) is 11.8. The molecule has 4 nitrogen and oxygen atoms in total. The van der Waals surface area contributed by atoms with E-state index in [0.717, 1.165) is 5.56 Å². The molecule has 1 atom stereocenters. The number of amides is 1. The summed E-state index contributed by atoms with van der Waals surface area (Å²) in [5.41, 5.74) is 8.47. The quantitative estimate of drug-likeness (QED) is 0.596. The van der Waals surface area contributed by atoms with E-state index < -0.39 is 6.10 Å². The number of rotatable bonds is 4. The molecule has 0 radical (unpaired) electrons. The van der Waals surface area contributed by atoms with Gasteiger partial charge in [0.25, 0.3) is 0 Å². The van der Waals surface area contributed by atoms with Gasteiger partial charge in [-0.05, 0) is 36.8 Å². The van der Waals surface area contributed by atoms with Crippen molar-refractivity contribution in [2.75, 3.05) is 11.1 Å². The van der Waals surface area contributed by atoms with E-state index in [-0.39, 0.29) is 5.91 Å². The molecule has 2 aromatic rings. The maximum atomic E-state index is 11.9. The third kappa shape index (κ3) is 4.19. The maximum absolute atomic E-state index is 11.9. The average Bonchev–Trinajstić information content (AvgIpc) is 2.45. The maximum Gasteiger partial charge on any atom is 0.248 e. The van der Waals surface area contributed by atoms with Crippen molar-refractivity contribution in [2.45, 2.75) is 13.0 Å². The van der Waals surface area contributed by atoms with Gasteiger partial charge in [-0.1, -0.05) is 30.3 Å². The SMILES string of the molecule is CC(O)c1ccccc1NC(=O)/C=C/c1cccc(N)c1. The molecule has 0 spiro atoms. The van der Waals surface area contributed by atoms with Gasteiger partial charge in [-0.25, -0.2) is 0 Å². The minimum absolute atomic E-state index is 0.259. The Balaban J connectivity index is 2.09. The van der Waals surface area contributed by atoms with E-state index in [1.807, 2.05) is 24.3 Å². The van der Waals surface area contributed by atoms with Gasteiger partial charge in [0.05, 0.1) is 6.10 Å². The van der Waals surface area contributed by atoms with Crippen LogP contribution in [0, 0.1) is 0 Å². The predicted octanol–water partition coefficient (Wildman–Crippen LogP) is 2.97. The Labute approximate surface area is 123 Å². The van der Waals surface area contributed by atoms with Crippen molar-refractivity contribution in [2.24, 2.45) is 0 Å². The number of aliphatic hydroxyl groups is 1. The van der Waals surface area contributed by atoms with E-state index in [2.05, 4.69) is 5.32 Å². The van der Waals surface area contributed by atoms with Gasteiger partial charge in [0, 0.05) is 23.0 Å². The number of carbonyl (C=O) groups is 1. The number of nitrogens with one attached hydrogen (secondary N) is 1. The van der Waals surface area contributed by atoms with Crippen LogP contribution in [0.25, 0.3) is 6.08 Å². The lowest BCUT2D eigenvalue weighted by molar-refractivity contribution is -0.111. The molecule has 0 fully saturated rings. The van der Waals surface area contributed by atoms with Crippen LogP contribution in [-0.2, 0) is 4.79 Å². The largest absolute Gasteiger partial charge is 0.399 e. The predicted molar refractivity (Wildman–Crippen MR) is 85.6 cm³/mol. The number of nitrogen functional groups attached to an aromatic ring is 1. The first-order valence-electron chi connectivity index (χ1n) is 6.68. The fourth-order valence-corrected chi connectivity index (χ4v) is 1.98. The second-order valence-electron chi connectivity index (χ2n) is 4.76. The Morgan fingerprint density at radius 1 is 1.24 bits per heavy atom. The Hall–Kier alpha value is -2.59. The first kappa shape index (κ1) is 14.8. The number of nitrogens with two attached hydrogens (primary N) is 1. The van der Waals surface area contributed by atoms with Crippen LogP contribution < -0.4 is 11.1 Å². The van der Waals surface area contributed by atoms with Crippen LogP contribution >= 0.6 is 0 Å². The molecule has 1 unspecified atom stereocenters. The zero-order valence-corrected chi connectivity index (χ0v) is 11.8. The highest BCUT2D eigenvalue weighted by Crippen LogP contribution is 2.22. The van der Waals surface area contributed by atoms with Crippen molar-refractivity contribution in [1.82, 2.24) is 0 Å². The van der Waals surface area contributed by atoms with Crippen LogP contribution in [-0.4, -0.2) is 11.0 Å². The molecule has 4 heteroatoms. The lowest BCUT2D eigenvalue weighted by Crippen LogP contribution is -2.10.